The second-order valence-electron chi connectivity index (χ2n) is 3.51. The van der Waals surface area contributed by atoms with Crippen molar-refractivity contribution >= 4 is 17.6 Å². The second-order valence-corrected chi connectivity index (χ2v) is 3.51. The molecule has 6 nitrogen and oxygen atoms in total. The number of anilines is 3. The van der Waals surface area contributed by atoms with Crippen molar-refractivity contribution in [3.8, 4) is 0 Å². The maximum atomic E-state index is 8.89. The van der Waals surface area contributed by atoms with Crippen LogP contribution in [0.2, 0.25) is 0 Å². The summed E-state index contributed by atoms with van der Waals surface area (Å²) in [6.45, 7) is 2.21. The molecule has 1 unspecified atom stereocenters. The third-order valence-electron chi connectivity index (χ3n) is 2.32. The van der Waals surface area contributed by atoms with Crippen molar-refractivity contribution in [1.82, 2.24) is 9.97 Å². The lowest BCUT2D eigenvalue weighted by atomic mass is 10.1. The Hall–Kier alpha value is -1.56. The smallest absolute Gasteiger partial charge is 0.223 e. The van der Waals surface area contributed by atoms with Gasteiger partial charge in [-0.3, -0.25) is 0 Å². The Labute approximate surface area is 95.3 Å². The van der Waals surface area contributed by atoms with Gasteiger partial charge in [0.25, 0.3) is 0 Å². The molecule has 0 saturated carbocycles. The molecule has 0 aliphatic heterocycles. The Morgan fingerprint density at radius 2 is 2.12 bits per heavy atom. The lowest BCUT2D eigenvalue weighted by Gasteiger charge is -2.16. The molecule has 1 aromatic rings. The molecule has 0 radical (unpaired) electrons. The van der Waals surface area contributed by atoms with Crippen molar-refractivity contribution in [3.63, 3.8) is 0 Å². The molecule has 0 aliphatic carbocycles. The number of nitrogens with one attached hydrogen (secondary N) is 2. The number of nitrogens with zero attached hydrogens (tertiary/aromatic N) is 2. The minimum absolute atomic E-state index is 0.158. The number of aliphatic hydroxyl groups is 1. The summed E-state index contributed by atoms with van der Waals surface area (Å²) in [5.41, 5.74) is 5.57. The minimum Gasteiger partial charge on any atom is -0.396 e. The molecular formula is C10H19N5O. The third-order valence-corrected chi connectivity index (χ3v) is 2.32. The van der Waals surface area contributed by atoms with Crippen LogP contribution < -0.4 is 16.4 Å². The molecule has 0 spiro atoms. The van der Waals surface area contributed by atoms with Gasteiger partial charge in [-0.05, 0) is 12.8 Å². The van der Waals surface area contributed by atoms with Crippen LogP contribution in [-0.4, -0.2) is 34.8 Å². The highest BCUT2D eigenvalue weighted by atomic mass is 16.3. The van der Waals surface area contributed by atoms with Gasteiger partial charge < -0.3 is 21.5 Å². The molecule has 0 fully saturated rings. The standard InChI is InChI=1S/C10H19N5O/c1-3-7(4-5-16)13-9-6-8(12-2)14-10(11)15-9/h6-7,16H,3-5H2,1-2H3,(H4,11,12,13,14,15). The summed E-state index contributed by atoms with van der Waals surface area (Å²) in [4.78, 5) is 8.08. The summed E-state index contributed by atoms with van der Waals surface area (Å²) in [6.07, 6.45) is 1.61. The van der Waals surface area contributed by atoms with E-state index in [2.05, 4.69) is 27.5 Å². The number of nitrogens with two attached hydrogens (primary N) is 1. The van der Waals surface area contributed by atoms with E-state index in [-0.39, 0.29) is 18.6 Å². The largest absolute Gasteiger partial charge is 0.396 e. The second kappa shape index (κ2) is 6.12. The molecule has 16 heavy (non-hydrogen) atoms. The highest BCUT2D eigenvalue weighted by molar-refractivity contribution is 5.51. The third kappa shape index (κ3) is 3.54. The Morgan fingerprint density at radius 3 is 2.69 bits per heavy atom. The van der Waals surface area contributed by atoms with E-state index in [1.807, 2.05) is 0 Å². The van der Waals surface area contributed by atoms with Crippen molar-refractivity contribution in [2.75, 3.05) is 30.0 Å². The molecule has 6 heteroatoms. The first-order valence-corrected chi connectivity index (χ1v) is 5.39. The molecule has 1 atom stereocenters. The van der Waals surface area contributed by atoms with E-state index in [0.29, 0.717) is 18.1 Å². The molecule has 0 amide bonds. The van der Waals surface area contributed by atoms with Gasteiger partial charge in [0.2, 0.25) is 5.95 Å². The van der Waals surface area contributed by atoms with Crippen LogP contribution in [0.1, 0.15) is 19.8 Å². The fourth-order valence-electron chi connectivity index (χ4n) is 1.41. The summed E-state index contributed by atoms with van der Waals surface area (Å²) in [6, 6.07) is 1.99. The molecular weight excluding hydrogens is 206 g/mol. The zero-order valence-corrected chi connectivity index (χ0v) is 9.70. The van der Waals surface area contributed by atoms with Crippen LogP contribution in [0.3, 0.4) is 0 Å². The van der Waals surface area contributed by atoms with Crippen LogP contribution in [0.5, 0.6) is 0 Å². The van der Waals surface area contributed by atoms with E-state index in [1.165, 1.54) is 0 Å². The fraction of sp³-hybridized carbons (Fsp3) is 0.600. The zero-order chi connectivity index (χ0) is 12.0. The zero-order valence-electron chi connectivity index (χ0n) is 9.70. The number of aromatic nitrogens is 2. The lowest BCUT2D eigenvalue weighted by molar-refractivity contribution is 0.278. The number of hydrogen-bond acceptors (Lipinski definition) is 6. The Kier molecular flexibility index (Phi) is 4.78. The average molecular weight is 225 g/mol. The van der Waals surface area contributed by atoms with Gasteiger partial charge in [-0.15, -0.1) is 0 Å². The van der Waals surface area contributed by atoms with E-state index in [0.717, 1.165) is 6.42 Å². The van der Waals surface area contributed by atoms with Crippen molar-refractivity contribution in [3.05, 3.63) is 6.07 Å². The van der Waals surface area contributed by atoms with Crippen molar-refractivity contribution in [2.45, 2.75) is 25.8 Å². The SMILES string of the molecule is CCC(CCO)Nc1cc(NC)nc(N)n1. The molecule has 90 valence electrons. The first-order chi connectivity index (χ1) is 7.69. The van der Waals surface area contributed by atoms with Gasteiger partial charge >= 0.3 is 0 Å². The Bertz CT molecular complexity index is 331. The number of nitrogen functional groups attached to an aromatic ring is 1. The fourth-order valence-corrected chi connectivity index (χ4v) is 1.41. The van der Waals surface area contributed by atoms with Crippen molar-refractivity contribution < 1.29 is 5.11 Å². The van der Waals surface area contributed by atoms with E-state index < -0.39 is 0 Å². The van der Waals surface area contributed by atoms with Gasteiger partial charge in [0, 0.05) is 25.8 Å². The topological polar surface area (TPSA) is 96.1 Å². The van der Waals surface area contributed by atoms with Gasteiger partial charge in [-0.25, -0.2) is 0 Å². The van der Waals surface area contributed by atoms with Gasteiger partial charge in [0.1, 0.15) is 11.6 Å². The van der Waals surface area contributed by atoms with Crippen LogP contribution in [0.25, 0.3) is 0 Å². The van der Waals surface area contributed by atoms with E-state index in [9.17, 15) is 0 Å². The van der Waals surface area contributed by atoms with Crippen LogP contribution in [0, 0.1) is 0 Å². The van der Waals surface area contributed by atoms with Gasteiger partial charge in [0.05, 0.1) is 0 Å². The van der Waals surface area contributed by atoms with Crippen LogP contribution >= 0.6 is 0 Å². The molecule has 0 aliphatic rings. The first kappa shape index (κ1) is 12.5. The predicted octanol–water partition coefficient (Wildman–Crippen LogP) is 0.673. The van der Waals surface area contributed by atoms with Crippen LogP contribution in [0.15, 0.2) is 6.07 Å². The highest BCUT2D eigenvalue weighted by Crippen LogP contribution is 2.14. The summed E-state index contributed by atoms with van der Waals surface area (Å²) in [7, 11) is 1.77. The molecule has 1 aromatic heterocycles. The first-order valence-electron chi connectivity index (χ1n) is 5.39. The molecule has 1 rings (SSSR count). The van der Waals surface area contributed by atoms with Gasteiger partial charge in [0.15, 0.2) is 0 Å². The monoisotopic (exact) mass is 225 g/mol. The maximum Gasteiger partial charge on any atom is 0.223 e. The predicted molar refractivity (Wildman–Crippen MR) is 65.4 cm³/mol. The maximum absolute atomic E-state index is 8.89. The number of hydrogen-bond donors (Lipinski definition) is 4. The normalized spacial score (nSPS) is 12.2. The highest BCUT2D eigenvalue weighted by Gasteiger charge is 2.07. The molecule has 1 heterocycles. The number of rotatable bonds is 6. The van der Waals surface area contributed by atoms with Gasteiger partial charge in [-0.1, -0.05) is 6.92 Å². The molecule has 0 aromatic carbocycles. The Balaban J connectivity index is 2.74. The molecule has 0 saturated heterocycles. The summed E-state index contributed by atoms with van der Waals surface area (Å²) >= 11 is 0. The van der Waals surface area contributed by atoms with E-state index in [4.69, 9.17) is 10.8 Å². The van der Waals surface area contributed by atoms with E-state index in [1.54, 1.807) is 13.1 Å². The van der Waals surface area contributed by atoms with Crippen molar-refractivity contribution in [1.29, 1.82) is 0 Å². The van der Waals surface area contributed by atoms with Crippen molar-refractivity contribution in [2.24, 2.45) is 0 Å². The molecule has 5 N–H and O–H groups in total. The Morgan fingerprint density at radius 1 is 1.44 bits per heavy atom. The summed E-state index contributed by atoms with van der Waals surface area (Å²) in [5.74, 6) is 1.58. The van der Waals surface area contributed by atoms with Gasteiger partial charge in [-0.2, -0.15) is 9.97 Å². The lowest BCUT2D eigenvalue weighted by Crippen LogP contribution is -2.21. The van der Waals surface area contributed by atoms with E-state index >= 15 is 0 Å². The summed E-state index contributed by atoms with van der Waals surface area (Å²) < 4.78 is 0. The average Bonchev–Trinajstić information content (AvgIpc) is 2.27. The van der Waals surface area contributed by atoms with Crippen LogP contribution in [0.4, 0.5) is 17.6 Å². The summed E-state index contributed by atoms with van der Waals surface area (Å²) in [5, 5.41) is 15.0. The number of aliphatic hydroxyl groups excluding tert-OH is 1. The molecule has 0 bridgehead atoms. The van der Waals surface area contributed by atoms with Crippen LogP contribution in [-0.2, 0) is 0 Å². The quantitative estimate of drug-likeness (QED) is 0.568. The minimum atomic E-state index is 0.158.